The number of para-hydroxylation sites is 1. The van der Waals surface area contributed by atoms with Crippen LogP contribution in [-0.4, -0.2) is 19.5 Å². The molecule has 0 unspecified atom stereocenters. The van der Waals surface area contributed by atoms with Crippen molar-refractivity contribution >= 4 is 32.5 Å². The van der Waals surface area contributed by atoms with Gasteiger partial charge in [0.1, 0.15) is 11.6 Å². The molecule has 0 aliphatic heterocycles. The summed E-state index contributed by atoms with van der Waals surface area (Å²) in [5.74, 6) is 1.80. The lowest BCUT2D eigenvalue weighted by Gasteiger charge is -2.11. The molecule has 0 amide bonds. The lowest BCUT2D eigenvalue weighted by molar-refractivity contribution is 0.926. The molecular formula is C19H16BrN5. The summed E-state index contributed by atoms with van der Waals surface area (Å²) in [6.45, 7) is 2.66. The summed E-state index contributed by atoms with van der Waals surface area (Å²) in [6.07, 6.45) is 7.40. The topological polar surface area (TPSA) is 55.6 Å². The second-order valence-corrected chi connectivity index (χ2v) is 6.57. The predicted molar refractivity (Wildman–Crippen MR) is 103 cm³/mol. The Bertz CT molecular complexity index is 1020. The van der Waals surface area contributed by atoms with Crippen LogP contribution in [0.25, 0.3) is 16.7 Å². The number of nitrogens with zero attached hydrogens (tertiary/aromatic N) is 4. The lowest BCUT2D eigenvalue weighted by Crippen LogP contribution is -2.03. The third kappa shape index (κ3) is 3.13. The van der Waals surface area contributed by atoms with Gasteiger partial charge in [0, 0.05) is 46.9 Å². The molecule has 0 radical (unpaired) electrons. The van der Waals surface area contributed by atoms with Gasteiger partial charge in [-0.05, 0) is 46.6 Å². The molecule has 0 spiro atoms. The maximum absolute atomic E-state index is 4.53. The monoisotopic (exact) mass is 393 g/mol. The second-order valence-electron chi connectivity index (χ2n) is 5.72. The van der Waals surface area contributed by atoms with E-state index in [2.05, 4.69) is 48.3 Å². The minimum Gasteiger partial charge on any atom is -0.380 e. The summed E-state index contributed by atoms with van der Waals surface area (Å²) in [5, 5.41) is 4.57. The Hall–Kier alpha value is -2.73. The number of rotatable bonds is 4. The molecule has 3 aromatic heterocycles. The molecule has 0 fully saturated rings. The van der Waals surface area contributed by atoms with Crippen molar-refractivity contribution in [2.75, 3.05) is 5.32 Å². The molecular weight excluding hydrogens is 378 g/mol. The highest BCUT2D eigenvalue weighted by molar-refractivity contribution is 9.10. The van der Waals surface area contributed by atoms with Crippen LogP contribution in [0.15, 0.2) is 65.7 Å². The molecule has 0 aliphatic carbocycles. The van der Waals surface area contributed by atoms with Crippen LogP contribution in [0.2, 0.25) is 0 Å². The normalized spacial score (nSPS) is 11.0. The van der Waals surface area contributed by atoms with Crippen LogP contribution in [0.5, 0.6) is 0 Å². The SMILES string of the molecule is Cc1nccn1-c1ccc(CNc2ccnc3c(Br)cccc23)cn1. The van der Waals surface area contributed by atoms with Crippen LogP contribution in [0, 0.1) is 6.92 Å². The fraction of sp³-hybridized carbons (Fsp3) is 0.105. The van der Waals surface area contributed by atoms with Crippen molar-refractivity contribution < 1.29 is 0 Å². The van der Waals surface area contributed by atoms with Gasteiger partial charge in [-0.1, -0.05) is 18.2 Å². The van der Waals surface area contributed by atoms with Gasteiger partial charge in [0.05, 0.1) is 5.52 Å². The average Bonchev–Trinajstić information content (AvgIpc) is 3.07. The van der Waals surface area contributed by atoms with Gasteiger partial charge >= 0.3 is 0 Å². The van der Waals surface area contributed by atoms with E-state index in [1.807, 2.05) is 54.3 Å². The summed E-state index contributed by atoms with van der Waals surface area (Å²) in [7, 11) is 0. The minimum atomic E-state index is 0.696. The fourth-order valence-corrected chi connectivity index (χ4v) is 3.24. The summed E-state index contributed by atoms with van der Waals surface area (Å²) < 4.78 is 2.96. The first-order valence-electron chi connectivity index (χ1n) is 7.95. The van der Waals surface area contributed by atoms with E-state index in [-0.39, 0.29) is 0 Å². The number of benzene rings is 1. The Labute approximate surface area is 153 Å². The first-order chi connectivity index (χ1) is 12.2. The standard InChI is InChI=1S/C19H16BrN5/c1-13-21-9-10-25(13)18-6-5-14(12-24-18)11-23-17-7-8-22-19-15(17)3-2-4-16(19)20/h2-10,12H,11H2,1H3,(H,22,23). The number of fused-ring (bicyclic) bond motifs is 1. The molecule has 3 heterocycles. The molecule has 25 heavy (non-hydrogen) atoms. The van der Waals surface area contributed by atoms with E-state index in [1.54, 1.807) is 6.20 Å². The van der Waals surface area contributed by atoms with Crippen molar-refractivity contribution in [3.8, 4) is 5.82 Å². The number of anilines is 1. The molecule has 5 nitrogen and oxygen atoms in total. The highest BCUT2D eigenvalue weighted by Crippen LogP contribution is 2.27. The van der Waals surface area contributed by atoms with Gasteiger partial charge in [-0.2, -0.15) is 0 Å². The van der Waals surface area contributed by atoms with Crippen LogP contribution >= 0.6 is 15.9 Å². The van der Waals surface area contributed by atoms with Crippen LogP contribution in [0.1, 0.15) is 11.4 Å². The molecule has 4 aromatic rings. The van der Waals surface area contributed by atoms with Crippen LogP contribution in [-0.2, 0) is 6.54 Å². The van der Waals surface area contributed by atoms with Gasteiger partial charge in [-0.25, -0.2) is 9.97 Å². The van der Waals surface area contributed by atoms with E-state index in [1.165, 1.54) is 0 Å². The first kappa shape index (κ1) is 15.8. The largest absolute Gasteiger partial charge is 0.380 e. The smallest absolute Gasteiger partial charge is 0.137 e. The van der Waals surface area contributed by atoms with E-state index < -0.39 is 0 Å². The molecule has 0 aliphatic rings. The molecule has 0 saturated carbocycles. The van der Waals surface area contributed by atoms with Gasteiger partial charge in [0.2, 0.25) is 0 Å². The minimum absolute atomic E-state index is 0.696. The Kier molecular flexibility index (Phi) is 4.19. The zero-order chi connectivity index (χ0) is 17.2. The molecule has 0 atom stereocenters. The number of halogens is 1. The number of pyridine rings is 2. The van der Waals surface area contributed by atoms with Crippen molar-refractivity contribution in [2.24, 2.45) is 0 Å². The van der Waals surface area contributed by atoms with E-state index in [0.717, 1.165) is 38.3 Å². The van der Waals surface area contributed by atoms with Crippen molar-refractivity contribution in [3.05, 3.63) is 77.0 Å². The van der Waals surface area contributed by atoms with Gasteiger partial charge in [-0.3, -0.25) is 9.55 Å². The highest BCUT2D eigenvalue weighted by atomic mass is 79.9. The number of hydrogen-bond donors (Lipinski definition) is 1. The Morgan fingerprint density at radius 1 is 1.04 bits per heavy atom. The van der Waals surface area contributed by atoms with Crippen LogP contribution in [0.4, 0.5) is 5.69 Å². The number of hydrogen-bond acceptors (Lipinski definition) is 4. The van der Waals surface area contributed by atoms with E-state index in [9.17, 15) is 0 Å². The van der Waals surface area contributed by atoms with Gasteiger partial charge in [-0.15, -0.1) is 0 Å². The lowest BCUT2D eigenvalue weighted by atomic mass is 10.2. The summed E-state index contributed by atoms with van der Waals surface area (Å²) in [5.41, 5.74) is 3.12. The summed E-state index contributed by atoms with van der Waals surface area (Å²) >= 11 is 3.55. The quantitative estimate of drug-likeness (QED) is 0.554. The van der Waals surface area contributed by atoms with Gasteiger partial charge < -0.3 is 5.32 Å². The highest BCUT2D eigenvalue weighted by Gasteiger charge is 2.05. The number of nitrogens with one attached hydrogen (secondary N) is 1. The number of imidazole rings is 1. The molecule has 1 aromatic carbocycles. The van der Waals surface area contributed by atoms with E-state index in [0.29, 0.717) is 6.54 Å². The molecule has 4 rings (SSSR count). The predicted octanol–water partition coefficient (Wildman–Crippen LogP) is 4.50. The fourth-order valence-electron chi connectivity index (χ4n) is 2.78. The second kappa shape index (κ2) is 6.64. The van der Waals surface area contributed by atoms with Crippen molar-refractivity contribution in [1.82, 2.24) is 19.5 Å². The molecule has 1 N–H and O–H groups in total. The number of aromatic nitrogens is 4. The Morgan fingerprint density at radius 2 is 1.96 bits per heavy atom. The molecule has 124 valence electrons. The van der Waals surface area contributed by atoms with Crippen molar-refractivity contribution in [3.63, 3.8) is 0 Å². The third-order valence-corrected chi connectivity index (χ3v) is 4.73. The van der Waals surface area contributed by atoms with Crippen molar-refractivity contribution in [2.45, 2.75) is 13.5 Å². The van der Waals surface area contributed by atoms with Crippen molar-refractivity contribution in [1.29, 1.82) is 0 Å². The zero-order valence-electron chi connectivity index (χ0n) is 13.6. The third-order valence-electron chi connectivity index (χ3n) is 4.09. The van der Waals surface area contributed by atoms with Gasteiger partial charge in [0.15, 0.2) is 0 Å². The van der Waals surface area contributed by atoms with Gasteiger partial charge in [0.25, 0.3) is 0 Å². The zero-order valence-corrected chi connectivity index (χ0v) is 15.2. The number of aryl methyl sites for hydroxylation is 1. The Balaban J connectivity index is 1.54. The molecule has 0 bridgehead atoms. The van der Waals surface area contributed by atoms with Crippen LogP contribution < -0.4 is 5.32 Å². The van der Waals surface area contributed by atoms with Crippen LogP contribution in [0.3, 0.4) is 0 Å². The maximum atomic E-state index is 4.53. The average molecular weight is 394 g/mol. The molecule has 6 heteroatoms. The maximum Gasteiger partial charge on any atom is 0.137 e. The Morgan fingerprint density at radius 3 is 2.72 bits per heavy atom. The molecule has 0 saturated heterocycles. The first-order valence-corrected chi connectivity index (χ1v) is 8.74. The summed E-state index contributed by atoms with van der Waals surface area (Å²) in [6, 6.07) is 12.2. The van der Waals surface area contributed by atoms with E-state index >= 15 is 0 Å². The van der Waals surface area contributed by atoms with E-state index in [4.69, 9.17) is 0 Å². The summed E-state index contributed by atoms with van der Waals surface area (Å²) in [4.78, 5) is 13.2.